The first-order chi connectivity index (χ1) is 15.6. The minimum Gasteiger partial charge on any atom is -0.490 e. The second-order valence-electron chi connectivity index (χ2n) is 9.34. The molecule has 2 aliphatic heterocycles. The van der Waals surface area contributed by atoms with Gasteiger partial charge in [0.05, 0.1) is 0 Å². The van der Waals surface area contributed by atoms with Crippen molar-refractivity contribution in [2.45, 2.75) is 31.8 Å². The van der Waals surface area contributed by atoms with E-state index in [4.69, 9.17) is 4.74 Å². The van der Waals surface area contributed by atoms with Gasteiger partial charge in [0.2, 0.25) is 0 Å². The Kier molecular flexibility index (Phi) is 6.30. The molecule has 2 aromatic rings. The van der Waals surface area contributed by atoms with Crippen LogP contribution in [-0.2, 0) is 0 Å². The predicted molar refractivity (Wildman–Crippen MR) is 124 cm³/mol. The third-order valence-electron chi connectivity index (χ3n) is 6.91. The number of hydrogen-bond acceptors (Lipinski definition) is 4. The highest BCUT2D eigenvalue weighted by atomic mass is 19.1. The molecule has 0 radical (unpaired) electrons. The maximum absolute atomic E-state index is 13.1. The van der Waals surface area contributed by atoms with Gasteiger partial charge in [-0.2, -0.15) is 0 Å². The fourth-order valence-corrected chi connectivity index (χ4v) is 4.75. The van der Waals surface area contributed by atoms with Crippen LogP contribution in [0.25, 0.3) is 0 Å². The molecule has 0 aromatic heterocycles. The van der Waals surface area contributed by atoms with Crippen molar-refractivity contribution in [3.8, 4) is 5.75 Å². The standard InChI is InChI=1S/C26H32FN3O2/c27-22-5-3-21(4-6-22)26(31)30-17-15-29(16-18-30)23-7-9-24(10-8-23)32-25-11-13-28(14-12-25)19-20-1-2-20/h3-10,20,25H,1-2,11-19H2. The van der Waals surface area contributed by atoms with Gasteiger partial charge in [0, 0.05) is 57.1 Å². The van der Waals surface area contributed by atoms with Gasteiger partial charge in [-0.15, -0.1) is 0 Å². The van der Waals surface area contributed by atoms with E-state index < -0.39 is 0 Å². The molecule has 1 aliphatic carbocycles. The number of piperazine rings is 1. The van der Waals surface area contributed by atoms with Crippen LogP contribution in [0, 0.1) is 11.7 Å². The second-order valence-corrected chi connectivity index (χ2v) is 9.34. The first-order valence-electron chi connectivity index (χ1n) is 11.9. The van der Waals surface area contributed by atoms with E-state index in [0.29, 0.717) is 24.8 Å². The van der Waals surface area contributed by atoms with Crippen molar-refractivity contribution in [3.63, 3.8) is 0 Å². The summed E-state index contributed by atoms with van der Waals surface area (Å²) < 4.78 is 19.4. The molecule has 0 N–H and O–H groups in total. The summed E-state index contributed by atoms with van der Waals surface area (Å²) in [7, 11) is 0. The quantitative estimate of drug-likeness (QED) is 0.683. The molecule has 0 unspecified atom stereocenters. The van der Waals surface area contributed by atoms with Crippen LogP contribution in [0.4, 0.5) is 10.1 Å². The van der Waals surface area contributed by atoms with Gasteiger partial charge in [0.1, 0.15) is 17.7 Å². The Morgan fingerprint density at radius 3 is 2.12 bits per heavy atom. The number of ether oxygens (including phenoxy) is 1. The highest BCUT2D eigenvalue weighted by molar-refractivity contribution is 5.94. The smallest absolute Gasteiger partial charge is 0.253 e. The number of rotatable bonds is 6. The summed E-state index contributed by atoms with van der Waals surface area (Å²) in [5, 5.41) is 0. The molecule has 32 heavy (non-hydrogen) atoms. The SMILES string of the molecule is O=C(c1ccc(F)cc1)N1CCN(c2ccc(OC3CCN(CC4CC4)CC3)cc2)CC1. The van der Waals surface area contributed by atoms with E-state index in [1.54, 1.807) is 12.1 Å². The average Bonchev–Trinajstić information content (AvgIpc) is 3.65. The Labute approximate surface area is 189 Å². The Balaban J connectivity index is 1.08. The number of amides is 1. The summed E-state index contributed by atoms with van der Waals surface area (Å²) >= 11 is 0. The fraction of sp³-hybridized carbons (Fsp3) is 0.500. The average molecular weight is 438 g/mol. The van der Waals surface area contributed by atoms with Crippen LogP contribution in [0.1, 0.15) is 36.0 Å². The molecule has 1 saturated carbocycles. The summed E-state index contributed by atoms with van der Waals surface area (Å²) in [5.74, 6) is 1.55. The first-order valence-corrected chi connectivity index (χ1v) is 11.9. The van der Waals surface area contributed by atoms with Crippen molar-refractivity contribution >= 4 is 11.6 Å². The van der Waals surface area contributed by atoms with Gasteiger partial charge in [-0.25, -0.2) is 4.39 Å². The Bertz CT molecular complexity index is 898. The first kappa shape index (κ1) is 21.3. The summed E-state index contributed by atoms with van der Waals surface area (Å²) in [6, 6.07) is 14.2. The molecule has 5 nitrogen and oxygen atoms in total. The van der Waals surface area contributed by atoms with Crippen molar-refractivity contribution in [3.05, 3.63) is 59.9 Å². The summed E-state index contributed by atoms with van der Waals surface area (Å²) in [5.41, 5.74) is 1.70. The van der Waals surface area contributed by atoms with E-state index in [1.807, 2.05) is 4.90 Å². The molecule has 3 fully saturated rings. The summed E-state index contributed by atoms with van der Waals surface area (Å²) in [6.07, 6.45) is 5.37. The van der Waals surface area contributed by atoms with Gasteiger partial charge < -0.3 is 19.4 Å². The largest absolute Gasteiger partial charge is 0.490 e. The van der Waals surface area contributed by atoms with Crippen molar-refractivity contribution < 1.29 is 13.9 Å². The minimum absolute atomic E-state index is 0.0309. The van der Waals surface area contributed by atoms with Gasteiger partial charge in [0.15, 0.2) is 0 Å². The van der Waals surface area contributed by atoms with Crippen molar-refractivity contribution in [1.82, 2.24) is 9.80 Å². The molecule has 0 bridgehead atoms. The number of carbonyl (C=O) groups excluding carboxylic acids is 1. The highest BCUT2D eigenvalue weighted by Crippen LogP contribution is 2.31. The van der Waals surface area contributed by atoms with Crippen molar-refractivity contribution in [2.24, 2.45) is 5.92 Å². The molecule has 2 aromatic carbocycles. The number of hydrogen-bond donors (Lipinski definition) is 0. The van der Waals surface area contributed by atoms with E-state index in [2.05, 4.69) is 34.1 Å². The van der Waals surface area contributed by atoms with Crippen LogP contribution < -0.4 is 9.64 Å². The van der Waals surface area contributed by atoms with Crippen LogP contribution >= 0.6 is 0 Å². The van der Waals surface area contributed by atoms with Crippen LogP contribution in [0.15, 0.2) is 48.5 Å². The molecule has 5 rings (SSSR count). The Morgan fingerprint density at radius 1 is 0.844 bits per heavy atom. The van der Waals surface area contributed by atoms with Gasteiger partial charge in [-0.05, 0) is 80.1 Å². The Morgan fingerprint density at radius 2 is 1.50 bits per heavy atom. The molecule has 0 spiro atoms. The van der Waals surface area contributed by atoms with E-state index in [1.165, 1.54) is 31.5 Å². The number of piperidine rings is 1. The van der Waals surface area contributed by atoms with Crippen molar-refractivity contribution in [1.29, 1.82) is 0 Å². The lowest BCUT2D eigenvalue weighted by molar-refractivity contribution is 0.0746. The molecule has 6 heteroatoms. The van der Waals surface area contributed by atoms with Gasteiger partial charge in [-0.1, -0.05) is 0 Å². The van der Waals surface area contributed by atoms with E-state index in [9.17, 15) is 9.18 Å². The van der Waals surface area contributed by atoms with Gasteiger partial charge in [-0.3, -0.25) is 4.79 Å². The topological polar surface area (TPSA) is 36.0 Å². The monoisotopic (exact) mass is 437 g/mol. The third kappa shape index (κ3) is 5.23. The lowest BCUT2D eigenvalue weighted by Crippen LogP contribution is -2.48. The molecule has 2 heterocycles. The van der Waals surface area contributed by atoms with E-state index in [-0.39, 0.29) is 11.7 Å². The normalized spacial score (nSPS) is 20.4. The Hall–Kier alpha value is -2.60. The maximum atomic E-state index is 13.1. The molecule has 3 aliphatic rings. The predicted octanol–water partition coefficient (Wildman–Crippen LogP) is 4.04. The van der Waals surface area contributed by atoms with Gasteiger partial charge >= 0.3 is 0 Å². The molecule has 1 amide bonds. The zero-order valence-corrected chi connectivity index (χ0v) is 18.6. The van der Waals surface area contributed by atoms with E-state index in [0.717, 1.165) is 56.4 Å². The zero-order valence-electron chi connectivity index (χ0n) is 18.6. The molecular weight excluding hydrogens is 405 g/mol. The van der Waals surface area contributed by atoms with Gasteiger partial charge in [0.25, 0.3) is 5.91 Å². The number of anilines is 1. The zero-order chi connectivity index (χ0) is 21.9. The van der Waals surface area contributed by atoms with Crippen LogP contribution in [0.5, 0.6) is 5.75 Å². The third-order valence-corrected chi connectivity index (χ3v) is 6.91. The number of halogens is 1. The number of likely N-dealkylation sites (tertiary alicyclic amines) is 1. The molecule has 170 valence electrons. The van der Waals surface area contributed by atoms with Crippen LogP contribution in [-0.4, -0.2) is 67.6 Å². The minimum atomic E-state index is -0.321. The lowest BCUT2D eigenvalue weighted by atomic mass is 10.1. The summed E-state index contributed by atoms with van der Waals surface area (Å²) in [6.45, 7) is 6.48. The maximum Gasteiger partial charge on any atom is 0.253 e. The van der Waals surface area contributed by atoms with Crippen LogP contribution in [0.2, 0.25) is 0 Å². The number of benzene rings is 2. The van der Waals surface area contributed by atoms with E-state index >= 15 is 0 Å². The number of carbonyl (C=O) groups is 1. The van der Waals surface area contributed by atoms with Crippen molar-refractivity contribution in [2.75, 3.05) is 50.7 Å². The fourth-order valence-electron chi connectivity index (χ4n) is 4.75. The lowest BCUT2D eigenvalue weighted by Gasteiger charge is -2.36. The second kappa shape index (κ2) is 9.49. The molecular formula is C26H32FN3O2. The molecule has 0 atom stereocenters. The highest BCUT2D eigenvalue weighted by Gasteiger charge is 2.28. The number of nitrogens with zero attached hydrogens (tertiary/aromatic N) is 3. The summed E-state index contributed by atoms with van der Waals surface area (Å²) in [4.78, 5) is 19.4. The molecule has 2 saturated heterocycles. The van der Waals surface area contributed by atoms with Crippen LogP contribution in [0.3, 0.4) is 0 Å².